The number of amides is 1. The number of esters is 1. The van der Waals surface area contributed by atoms with E-state index in [2.05, 4.69) is 15.6 Å². The number of aromatic nitrogens is 1. The van der Waals surface area contributed by atoms with Crippen molar-refractivity contribution in [1.82, 2.24) is 10.3 Å². The maximum atomic E-state index is 14.8. The van der Waals surface area contributed by atoms with E-state index in [9.17, 15) is 14.0 Å². The van der Waals surface area contributed by atoms with Crippen LogP contribution in [0.3, 0.4) is 0 Å². The normalized spacial score (nSPS) is 12.4. The third kappa shape index (κ3) is 7.25. The van der Waals surface area contributed by atoms with Crippen molar-refractivity contribution >= 4 is 34.2 Å². The van der Waals surface area contributed by atoms with Crippen LogP contribution in [0.15, 0.2) is 72.9 Å². The van der Waals surface area contributed by atoms with Crippen molar-refractivity contribution < 1.29 is 28.2 Å². The number of nitrogens with two attached hydrogens (primary N) is 1. The number of hydrogen-bond donors (Lipinski definition) is 3. The van der Waals surface area contributed by atoms with Crippen molar-refractivity contribution in [3.05, 3.63) is 89.9 Å². The third-order valence-electron chi connectivity index (χ3n) is 6.53. The first kappa shape index (κ1) is 30.1. The number of hydrogen-bond acceptors (Lipinski definition) is 8. The molecule has 1 aromatic heterocycles. The minimum Gasteiger partial charge on any atom is -0.490 e. The molecule has 0 aliphatic carbocycles. The van der Waals surface area contributed by atoms with E-state index >= 15 is 0 Å². The Morgan fingerprint density at radius 2 is 1.81 bits per heavy atom. The van der Waals surface area contributed by atoms with Crippen LogP contribution < -0.4 is 25.8 Å². The van der Waals surface area contributed by atoms with E-state index in [4.69, 9.17) is 19.9 Å². The van der Waals surface area contributed by atoms with Crippen molar-refractivity contribution in [1.29, 1.82) is 0 Å². The Labute approximate surface area is 244 Å². The lowest BCUT2D eigenvalue weighted by Gasteiger charge is -2.25. The largest absolute Gasteiger partial charge is 0.490 e. The fourth-order valence-electron chi connectivity index (χ4n) is 4.58. The quantitative estimate of drug-likeness (QED) is 0.184. The number of ether oxygens (including phenoxy) is 3. The zero-order valence-electron chi connectivity index (χ0n) is 24.0. The Morgan fingerprint density at radius 1 is 1.02 bits per heavy atom. The summed E-state index contributed by atoms with van der Waals surface area (Å²) in [5, 5.41) is 7.76. The van der Waals surface area contributed by atoms with Gasteiger partial charge >= 0.3 is 5.97 Å². The molecule has 4 aromatic rings. The van der Waals surface area contributed by atoms with Crippen LogP contribution in [0.1, 0.15) is 50.4 Å². The first-order valence-electron chi connectivity index (χ1n) is 13.7. The summed E-state index contributed by atoms with van der Waals surface area (Å²) in [5.74, 6) is -0.236. The topological polar surface area (TPSA) is 125 Å². The molecule has 0 bridgehead atoms. The van der Waals surface area contributed by atoms with Crippen LogP contribution >= 0.6 is 0 Å². The summed E-state index contributed by atoms with van der Waals surface area (Å²) in [5.41, 5.74) is 7.38. The number of nitrogens with zero attached hydrogens (tertiary/aromatic N) is 1. The van der Waals surface area contributed by atoms with Gasteiger partial charge in [0.15, 0.2) is 11.5 Å². The Kier molecular flexibility index (Phi) is 9.80. The minimum atomic E-state index is -0.979. The lowest BCUT2D eigenvalue weighted by molar-refractivity contribution is -0.141. The number of methoxy groups -OCH3 is 1. The van der Waals surface area contributed by atoms with Crippen LogP contribution in [0.4, 0.5) is 15.9 Å². The summed E-state index contributed by atoms with van der Waals surface area (Å²) >= 11 is 0. The van der Waals surface area contributed by atoms with E-state index in [0.717, 1.165) is 10.8 Å². The first-order valence-corrected chi connectivity index (χ1v) is 13.7. The van der Waals surface area contributed by atoms with E-state index in [1.165, 1.54) is 25.3 Å². The molecule has 0 fully saturated rings. The van der Waals surface area contributed by atoms with Crippen molar-refractivity contribution in [2.75, 3.05) is 24.8 Å². The maximum Gasteiger partial charge on any atom is 0.307 e. The van der Waals surface area contributed by atoms with Gasteiger partial charge in [0.05, 0.1) is 32.3 Å². The molecule has 0 aliphatic rings. The number of fused-ring (bicyclic) bond motifs is 1. The average molecular weight is 575 g/mol. The second-order valence-electron chi connectivity index (χ2n) is 9.88. The van der Waals surface area contributed by atoms with Gasteiger partial charge in [-0.15, -0.1) is 0 Å². The van der Waals surface area contributed by atoms with Crippen LogP contribution in [-0.4, -0.2) is 36.7 Å². The van der Waals surface area contributed by atoms with Crippen LogP contribution in [0.25, 0.3) is 10.8 Å². The molecular weight excluding hydrogens is 539 g/mol. The molecule has 1 heterocycles. The predicted molar refractivity (Wildman–Crippen MR) is 160 cm³/mol. The molecule has 0 saturated carbocycles. The number of carbonyl (C=O) groups is 2. The Bertz CT molecular complexity index is 1560. The van der Waals surface area contributed by atoms with Gasteiger partial charge in [0.25, 0.3) is 0 Å². The molecule has 4 N–H and O–H groups in total. The van der Waals surface area contributed by atoms with Crippen molar-refractivity contribution in [3.8, 4) is 11.5 Å². The van der Waals surface area contributed by atoms with Gasteiger partial charge in [0, 0.05) is 22.8 Å². The van der Waals surface area contributed by atoms with Crippen molar-refractivity contribution in [3.63, 3.8) is 0 Å². The number of nitrogens with one attached hydrogen (secondary N) is 2. The first-order chi connectivity index (χ1) is 20.2. The van der Waals surface area contributed by atoms with E-state index < -0.39 is 29.8 Å². The van der Waals surface area contributed by atoms with Crippen LogP contribution in [0.5, 0.6) is 11.5 Å². The molecule has 4 rings (SSSR count). The van der Waals surface area contributed by atoms with Gasteiger partial charge in [-0.25, -0.2) is 9.37 Å². The standard InChI is InChI=1S/C32H35FN4O5/c1-5-41-28-17-21(10-13-27(28)42-19(2)3)30(36-22-11-12-23-20(16-22)14-15-35-31(23)34)32(39)37-26(18-29(38)40-4)24-8-6-7-9-25(24)33/h6-17,19,26,30,36H,5,18H2,1-4H3,(H2,34,35)(H,37,39)/t26?,30-/m1/s1. The van der Waals surface area contributed by atoms with Gasteiger partial charge in [0.1, 0.15) is 17.7 Å². The van der Waals surface area contributed by atoms with E-state index in [-0.39, 0.29) is 18.1 Å². The van der Waals surface area contributed by atoms with Crippen LogP contribution in [-0.2, 0) is 14.3 Å². The predicted octanol–water partition coefficient (Wildman–Crippen LogP) is 5.72. The molecule has 1 unspecified atom stereocenters. The molecule has 220 valence electrons. The maximum absolute atomic E-state index is 14.8. The molecule has 0 radical (unpaired) electrons. The highest BCUT2D eigenvalue weighted by molar-refractivity contribution is 5.94. The molecule has 0 spiro atoms. The number of halogens is 1. The highest BCUT2D eigenvalue weighted by atomic mass is 19.1. The van der Waals surface area contributed by atoms with E-state index in [1.54, 1.807) is 36.5 Å². The van der Waals surface area contributed by atoms with E-state index in [0.29, 0.717) is 35.2 Å². The van der Waals surface area contributed by atoms with Gasteiger partial charge < -0.3 is 30.6 Å². The number of rotatable bonds is 12. The van der Waals surface area contributed by atoms with Gasteiger partial charge in [-0.1, -0.05) is 24.3 Å². The van der Waals surface area contributed by atoms with Gasteiger partial charge in [-0.3, -0.25) is 9.59 Å². The number of nitrogen functional groups attached to an aromatic ring is 1. The highest BCUT2D eigenvalue weighted by Gasteiger charge is 2.28. The molecule has 9 nitrogen and oxygen atoms in total. The molecular formula is C32H35FN4O5. The monoisotopic (exact) mass is 574 g/mol. The minimum absolute atomic E-state index is 0.0911. The summed E-state index contributed by atoms with van der Waals surface area (Å²) < 4.78 is 31.4. The molecule has 42 heavy (non-hydrogen) atoms. The molecule has 0 saturated heterocycles. The van der Waals surface area contributed by atoms with Crippen molar-refractivity contribution in [2.45, 2.75) is 45.4 Å². The van der Waals surface area contributed by atoms with Gasteiger partial charge in [-0.05, 0) is 74.2 Å². The molecule has 10 heteroatoms. The third-order valence-corrected chi connectivity index (χ3v) is 6.53. The summed E-state index contributed by atoms with van der Waals surface area (Å²) in [6.07, 6.45) is 1.26. The summed E-state index contributed by atoms with van der Waals surface area (Å²) in [6.45, 7) is 6.06. The zero-order valence-corrected chi connectivity index (χ0v) is 24.0. The SMILES string of the molecule is CCOc1cc([C@@H](Nc2ccc3c(N)nccc3c2)C(=O)NC(CC(=O)OC)c2ccccc2F)ccc1OC(C)C. The number of anilines is 2. The van der Waals surface area contributed by atoms with Crippen LogP contribution in [0, 0.1) is 5.82 Å². The molecule has 1 amide bonds. The lowest BCUT2D eigenvalue weighted by Crippen LogP contribution is -2.37. The second-order valence-corrected chi connectivity index (χ2v) is 9.88. The number of carbonyl (C=O) groups excluding carboxylic acids is 2. The fourth-order valence-corrected chi connectivity index (χ4v) is 4.58. The van der Waals surface area contributed by atoms with Gasteiger partial charge in [0.2, 0.25) is 5.91 Å². The smallest absolute Gasteiger partial charge is 0.307 e. The molecule has 0 aliphatic heterocycles. The van der Waals surface area contributed by atoms with Crippen LogP contribution in [0.2, 0.25) is 0 Å². The highest BCUT2D eigenvalue weighted by Crippen LogP contribution is 2.34. The fraction of sp³-hybridized carbons (Fsp3) is 0.281. The second kappa shape index (κ2) is 13.7. The lowest BCUT2D eigenvalue weighted by atomic mass is 10.00. The summed E-state index contributed by atoms with van der Waals surface area (Å²) in [4.78, 5) is 30.4. The Morgan fingerprint density at radius 3 is 2.52 bits per heavy atom. The van der Waals surface area contributed by atoms with Gasteiger partial charge in [-0.2, -0.15) is 0 Å². The summed E-state index contributed by atoms with van der Waals surface area (Å²) in [7, 11) is 1.24. The molecule has 3 aromatic carbocycles. The van der Waals surface area contributed by atoms with E-state index in [1.807, 2.05) is 39.0 Å². The Balaban J connectivity index is 1.75. The van der Waals surface area contributed by atoms with Crippen molar-refractivity contribution in [2.24, 2.45) is 0 Å². The number of pyridine rings is 1. The molecule has 2 atom stereocenters. The number of benzene rings is 3. The summed E-state index contributed by atoms with van der Waals surface area (Å²) in [6, 6.07) is 16.6. The average Bonchev–Trinajstić information content (AvgIpc) is 2.96. The zero-order chi connectivity index (χ0) is 30.2. The Hall–Kier alpha value is -4.86.